The topological polar surface area (TPSA) is 9.23 Å². The lowest BCUT2D eigenvalue weighted by atomic mass is 10.1. The minimum Gasteiger partial charge on any atom is -0.497 e. The highest BCUT2D eigenvalue weighted by Gasteiger charge is 2.04. The summed E-state index contributed by atoms with van der Waals surface area (Å²) in [6, 6.07) is 20.9. The second-order valence-corrected chi connectivity index (χ2v) is 6.58. The summed E-state index contributed by atoms with van der Waals surface area (Å²) < 4.78 is 6.47. The molecule has 0 saturated carbocycles. The van der Waals surface area contributed by atoms with E-state index in [9.17, 15) is 0 Å². The first-order chi connectivity index (χ1) is 9.85. The molecule has 0 fully saturated rings. The van der Waals surface area contributed by atoms with Crippen LogP contribution < -0.4 is 4.74 Å². The zero-order valence-corrected chi connectivity index (χ0v) is 12.7. The van der Waals surface area contributed by atoms with Crippen molar-refractivity contribution in [3.63, 3.8) is 0 Å². The van der Waals surface area contributed by atoms with Crippen LogP contribution in [0.15, 0.2) is 75.1 Å². The van der Waals surface area contributed by atoms with Crippen molar-refractivity contribution >= 4 is 23.1 Å². The van der Waals surface area contributed by atoms with E-state index in [1.165, 1.54) is 20.2 Å². The fourth-order valence-electron chi connectivity index (χ4n) is 1.91. The van der Waals surface area contributed by atoms with Gasteiger partial charge in [-0.15, -0.1) is 11.3 Å². The van der Waals surface area contributed by atoms with Crippen LogP contribution in [0.3, 0.4) is 0 Å². The lowest BCUT2D eigenvalue weighted by molar-refractivity contribution is 0.414. The van der Waals surface area contributed by atoms with Gasteiger partial charge in [0.25, 0.3) is 0 Å². The molecule has 1 heterocycles. The molecule has 100 valence electrons. The molecule has 0 atom stereocenters. The molecule has 0 spiro atoms. The van der Waals surface area contributed by atoms with Crippen LogP contribution in [-0.4, -0.2) is 7.11 Å². The molecule has 1 nitrogen and oxygen atoms in total. The molecule has 0 unspecified atom stereocenters. The summed E-state index contributed by atoms with van der Waals surface area (Å²) >= 11 is 3.57. The van der Waals surface area contributed by atoms with Crippen LogP contribution in [0.25, 0.3) is 11.1 Å². The largest absolute Gasteiger partial charge is 0.497 e. The first-order valence-corrected chi connectivity index (χ1v) is 8.00. The first-order valence-electron chi connectivity index (χ1n) is 6.31. The van der Waals surface area contributed by atoms with Crippen LogP contribution in [-0.2, 0) is 0 Å². The predicted octanol–water partition coefficient (Wildman–Crippen LogP) is 5.57. The van der Waals surface area contributed by atoms with Gasteiger partial charge in [0.1, 0.15) is 5.75 Å². The van der Waals surface area contributed by atoms with Crippen LogP contribution in [0.4, 0.5) is 0 Å². The van der Waals surface area contributed by atoms with Gasteiger partial charge in [0.15, 0.2) is 0 Å². The van der Waals surface area contributed by atoms with E-state index >= 15 is 0 Å². The first kappa shape index (κ1) is 13.3. The molecule has 0 saturated heterocycles. The van der Waals surface area contributed by atoms with Gasteiger partial charge in [0, 0.05) is 4.90 Å². The van der Waals surface area contributed by atoms with Gasteiger partial charge < -0.3 is 4.74 Å². The maximum Gasteiger partial charge on any atom is 0.118 e. The van der Waals surface area contributed by atoms with Crippen LogP contribution in [0.1, 0.15) is 0 Å². The standard InChI is InChI=1S/C17H14OS2/c1-18-15-7-9-16(10-8-15)20-17-11-14(12-19-17)13-5-3-2-4-6-13/h2-12H,1H3. The maximum absolute atomic E-state index is 5.17. The van der Waals surface area contributed by atoms with Crippen molar-refractivity contribution in [2.75, 3.05) is 7.11 Å². The van der Waals surface area contributed by atoms with Gasteiger partial charge in [-0.25, -0.2) is 0 Å². The zero-order chi connectivity index (χ0) is 13.8. The van der Waals surface area contributed by atoms with Gasteiger partial charge in [0.2, 0.25) is 0 Å². The van der Waals surface area contributed by atoms with Crippen molar-refractivity contribution in [3.8, 4) is 16.9 Å². The summed E-state index contributed by atoms with van der Waals surface area (Å²) in [6.45, 7) is 0. The van der Waals surface area contributed by atoms with Crippen molar-refractivity contribution in [1.82, 2.24) is 0 Å². The Bertz CT molecular complexity index is 672. The summed E-state index contributed by atoms with van der Waals surface area (Å²) in [5.41, 5.74) is 2.55. The van der Waals surface area contributed by atoms with Gasteiger partial charge in [-0.1, -0.05) is 42.1 Å². The molecule has 0 aliphatic heterocycles. The van der Waals surface area contributed by atoms with E-state index in [0.717, 1.165) is 5.75 Å². The van der Waals surface area contributed by atoms with E-state index in [0.29, 0.717) is 0 Å². The minimum absolute atomic E-state index is 0.894. The quantitative estimate of drug-likeness (QED) is 0.622. The Morgan fingerprint density at radius 1 is 0.900 bits per heavy atom. The number of hydrogen-bond donors (Lipinski definition) is 0. The fraction of sp³-hybridized carbons (Fsp3) is 0.0588. The van der Waals surface area contributed by atoms with Gasteiger partial charge in [-0.3, -0.25) is 0 Å². The molecule has 3 rings (SSSR count). The van der Waals surface area contributed by atoms with Crippen molar-refractivity contribution in [2.24, 2.45) is 0 Å². The number of thiophene rings is 1. The average Bonchev–Trinajstić information content (AvgIpc) is 2.97. The Hall–Kier alpha value is -1.71. The molecular formula is C17H14OS2. The zero-order valence-electron chi connectivity index (χ0n) is 11.1. The molecule has 0 amide bonds. The highest BCUT2D eigenvalue weighted by Crippen LogP contribution is 2.36. The number of ether oxygens (including phenoxy) is 1. The lowest BCUT2D eigenvalue weighted by Crippen LogP contribution is -1.80. The number of hydrogen-bond acceptors (Lipinski definition) is 3. The second-order valence-electron chi connectivity index (χ2n) is 4.30. The second kappa shape index (κ2) is 6.16. The Morgan fingerprint density at radius 2 is 1.65 bits per heavy atom. The van der Waals surface area contributed by atoms with Crippen molar-refractivity contribution < 1.29 is 4.74 Å². The summed E-state index contributed by atoms with van der Waals surface area (Å²) in [4.78, 5) is 1.23. The molecule has 0 bridgehead atoms. The van der Waals surface area contributed by atoms with Crippen LogP contribution in [0, 0.1) is 0 Å². The molecule has 0 aliphatic carbocycles. The molecule has 3 aromatic rings. The summed E-state index contributed by atoms with van der Waals surface area (Å²) in [5, 5.41) is 2.21. The Balaban J connectivity index is 1.77. The molecule has 0 radical (unpaired) electrons. The molecule has 0 aliphatic rings. The van der Waals surface area contributed by atoms with E-state index < -0.39 is 0 Å². The third-order valence-electron chi connectivity index (χ3n) is 2.96. The van der Waals surface area contributed by atoms with E-state index in [4.69, 9.17) is 4.74 Å². The summed E-state index contributed by atoms with van der Waals surface area (Å²) in [7, 11) is 1.69. The molecule has 20 heavy (non-hydrogen) atoms. The Morgan fingerprint density at radius 3 is 2.35 bits per heavy atom. The highest BCUT2D eigenvalue weighted by atomic mass is 32.2. The lowest BCUT2D eigenvalue weighted by Gasteiger charge is -2.01. The highest BCUT2D eigenvalue weighted by molar-refractivity contribution is 8.01. The van der Waals surface area contributed by atoms with Gasteiger partial charge in [-0.05, 0) is 46.8 Å². The van der Waals surface area contributed by atoms with Gasteiger partial charge in [0.05, 0.1) is 11.3 Å². The van der Waals surface area contributed by atoms with Gasteiger partial charge in [-0.2, -0.15) is 0 Å². The van der Waals surface area contributed by atoms with E-state index in [1.807, 2.05) is 18.2 Å². The number of benzene rings is 2. The molecule has 3 heteroatoms. The van der Waals surface area contributed by atoms with Crippen molar-refractivity contribution in [2.45, 2.75) is 9.10 Å². The smallest absolute Gasteiger partial charge is 0.118 e. The minimum atomic E-state index is 0.894. The number of methoxy groups -OCH3 is 1. The molecular weight excluding hydrogens is 284 g/mol. The Labute approximate surface area is 127 Å². The van der Waals surface area contributed by atoms with Crippen LogP contribution in [0.2, 0.25) is 0 Å². The van der Waals surface area contributed by atoms with E-state index in [-0.39, 0.29) is 0 Å². The molecule has 1 aromatic heterocycles. The predicted molar refractivity (Wildman–Crippen MR) is 86.9 cm³/mol. The Kier molecular flexibility index (Phi) is 4.09. The monoisotopic (exact) mass is 298 g/mol. The average molecular weight is 298 g/mol. The maximum atomic E-state index is 5.17. The normalized spacial score (nSPS) is 10.4. The third-order valence-corrected chi connectivity index (χ3v) is 5.05. The summed E-state index contributed by atoms with van der Waals surface area (Å²) in [5.74, 6) is 0.894. The molecule has 2 aromatic carbocycles. The van der Waals surface area contributed by atoms with E-state index in [1.54, 1.807) is 30.2 Å². The third kappa shape index (κ3) is 3.06. The van der Waals surface area contributed by atoms with Gasteiger partial charge >= 0.3 is 0 Å². The SMILES string of the molecule is COc1ccc(Sc2cc(-c3ccccc3)cs2)cc1. The number of rotatable bonds is 4. The molecule has 0 N–H and O–H groups in total. The van der Waals surface area contributed by atoms with Crippen LogP contribution >= 0.6 is 23.1 Å². The van der Waals surface area contributed by atoms with E-state index in [2.05, 4.69) is 47.8 Å². The van der Waals surface area contributed by atoms with Crippen molar-refractivity contribution in [1.29, 1.82) is 0 Å². The fourth-order valence-corrected chi connectivity index (χ4v) is 3.87. The van der Waals surface area contributed by atoms with Crippen LogP contribution in [0.5, 0.6) is 5.75 Å². The van der Waals surface area contributed by atoms with Crippen molar-refractivity contribution in [3.05, 3.63) is 66.0 Å². The summed E-state index contributed by atoms with van der Waals surface area (Å²) in [6.07, 6.45) is 0.